The van der Waals surface area contributed by atoms with Crippen LogP contribution in [0.15, 0.2) is 0 Å². The number of ketones is 1. The summed E-state index contributed by atoms with van der Waals surface area (Å²) in [4.78, 5) is 13.1. The predicted octanol–water partition coefficient (Wildman–Crippen LogP) is 5.31. The van der Waals surface area contributed by atoms with Crippen molar-refractivity contribution < 1.29 is 23.1 Å². The molecule has 0 radical (unpaired) electrons. The topological polar surface area (TPSA) is 54.0 Å². The van der Waals surface area contributed by atoms with Crippen molar-refractivity contribution in [3.63, 3.8) is 0 Å². The van der Waals surface area contributed by atoms with E-state index in [1.54, 1.807) is 0 Å². The Morgan fingerprint density at radius 3 is 1.38 bits per heavy atom. The summed E-state index contributed by atoms with van der Waals surface area (Å²) in [5.74, 6) is -1.46. The van der Waals surface area contributed by atoms with Crippen molar-refractivity contribution in [2.24, 2.45) is 0 Å². The number of hydrogen-bond acceptors (Lipinski definition) is 5. The van der Waals surface area contributed by atoms with E-state index in [-0.39, 0.29) is 5.78 Å². The van der Waals surface area contributed by atoms with Gasteiger partial charge in [0.15, 0.2) is 22.4 Å². The Labute approximate surface area is 188 Å². The quantitative estimate of drug-likeness (QED) is 0.310. The van der Waals surface area contributed by atoms with Crippen molar-refractivity contribution in [2.75, 3.05) is 13.2 Å². The number of carbonyl (C=O) groups is 1. The number of ether oxygens (including phenoxy) is 2. The van der Waals surface area contributed by atoms with Crippen LogP contribution in [0.2, 0.25) is 36.3 Å². The van der Waals surface area contributed by atoms with Crippen LogP contribution in [-0.2, 0) is 23.1 Å². The zero-order valence-corrected chi connectivity index (χ0v) is 22.3. The van der Waals surface area contributed by atoms with Gasteiger partial charge in [-0.1, -0.05) is 41.5 Å². The average Bonchev–Trinajstić information content (AvgIpc) is 3.24. The van der Waals surface area contributed by atoms with Crippen LogP contribution < -0.4 is 0 Å². The molecule has 0 aromatic rings. The van der Waals surface area contributed by atoms with Gasteiger partial charge in [0.25, 0.3) is 0 Å². The Kier molecular flexibility index (Phi) is 9.27. The van der Waals surface area contributed by atoms with E-state index in [1.807, 2.05) is 0 Å². The first-order chi connectivity index (χ1) is 13.7. The molecule has 1 aliphatic heterocycles. The molecule has 29 heavy (non-hydrogen) atoms. The van der Waals surface area contributed by atoms with E-state index in [0.29, 0.717) is 13.2 Å². The smallest absolute Gasteiger partial charge is 0.223 e. The molecule has 1 saturated heterocycles. The molecule has 1 heterocycles. The van der Waals surface area contributed by atoms with Gasteiger partial charge in [0, 0.05) is 0 Å². The third-order valence-electron chi connectivity index (χ3n) is 7.23. The van der Waals surface area contributed by atoms with Gasteiger partial charge in [-0.25, -0.2) is 0 Å². The molecular formula is C20H38Cl2O5Si2. The fourth-order valence-corrected chi connectivity index (χ4v) is 11.3. The fraction of sp³-hybridized carbons (Fsp3) is 0.950. The molecule has 0 unspecified atom stereocenters. The van der Waals surface area contributed by atoms with Gasteiger partial charge in [-0.2, -0.15) is 0 Å². The highest BCUT2D eigenvalue weighted by Crippen LogP contribution is 2.46. The highest BCUT2D eigenvalue weighted by atomic mass is 35.5. The zero-order valence-electron chi connectivity index (χ0n) is 18.8. The average molecular weight is 486 g/mol. The second-order valence-electron chi connectivity index (χ2n) is 8.19. The molecule has 0 bridgehead atoms. The summed E-state index contributed by atoms with van der Waals surface area (Å²) in [6.07, 6.45) is -1.41. The van der Waals surface area contributed by atoms with Gasteiger partial charge in [-0.15, -0.1) is 23.2 Å². The van der Waals surface area contributed by atoms with Crippen molar-refractivity contribution in [1.82, 2.24) is 0 Å². The lowest BCUT2D eigenvalue weighted by Crippen LogP contribution is -2.72. The second kappa shape index (κ2) is 10.4. The number of carbonyl (C=O) groups excluding carboxylic acids is 1. The molecule has 170 valence electrons. The van der Waals surface area contributed by atoms with E-state index in [0.717, 1.165) is 36.3 Å². The lowest BCUT2D eigenvalue weighted by molar-refractivity contribution is -0.267. The number of halogens is 2. The molecule has 0 amide bonds. The van der Waals surface area contributed by atoms with E-state index in [1.165, 1.54) is 0 Å². The predicted molar refractivity (Wildman–Crippen MR) is 123 cm³/mol. The van der Waals surface area contributed by atoms with Crippen LogP contribution in [-0.4, -0.2) is 64.4 Å². The SMILES string of the molecule is CC[Si](CC)(CC)O[C@@H]1[C@@H](Cl)C(=O)[C@@H](Cl)[C@H](O[Si](CC)(CC)CC)C12OCCO2. The van der Waals surface area contributed by atoms with Crippen molar-refractivity contribution in [3.05, 3.63) is 0 Å². The van der Waals surface area contributed by atoms with Crippen LogP contribution in [0.5, 0.6) is 0 Å². The minimum Gasteiger partial charge on any atom is -0.406 e. The zero-order chi connectivity index (χ0) is 21.9. The number of rotatable bonds is 10. The largest absolute Gasteiger partial charge is 0.406 e. The Balaban J connectivity index is 2.51. The van der Waals surface area contributed by atoms with Gasteiger partial charge in [0.1, 0.15) is 23.0 Å². The lowest BCUT2D eigenvalue weighted by atomic mass is 9.86. The molecule has 1 spiro atoms. The fourth-order valence-electron chi connectivity index (χ4n) is 4.62. The summed E-state index contributed by atoms with van der Waals surface area (Å²) < 4.78 is 25.9. The van der Waals surface area contributed by atoms with E-state index in [4.69, 9.17) is 41.5 Å². The normalized spacial score (nSPS) is 30.3. The molecule has 5 nitrogen and oxygen atoms in total. The summed E-state index contributed by atoms with van der Waals surface area (Å²) in [6.45, 7) is 13.7. The van der Waals surface area contributed by atoms with Crippen LogP contribution in [0.1, 0.15) is 41.5 Å². The van der Waals surface area contributed by atoms with E-state index in [9.17, 15) is 4.79 Å². The van der Waals surface area contributed by atoms with E-state index >= 15 is 0 Å². The molecule has 0 N–H and O–H groups in total. The lowest BCUT2D eigenvalue weighted by Gasteiger charge is -2.52. The van der Waals surface area contributed by atoms with Gasteiger partial charge >= 0.3 is 0 Å². The van der Waals surface area contributed by atoms with Gasteiger partial charge < -0.3 is 18.3 Å². The summed E-state index contributed by atoms with van der Waals surface area (Å²) >= 11 is 13.3. The highest BCUT2D eigenvalue weighted by molar-refractivity contribution is 6.74. The Hall–Kier alpha value is 0.524. The highest BCUT2D eigenvalue weighted by Gasteiger charge is 2.65. The van der Waals surface area contributed by atoms with E-state index < -0.39 is 45.4 Å². The Morgan fingerprint density at radius 1 is 0.793 bits per heavy atom. The first-order valence-corrected chi connectivity index (χ1v) is 17.1. The second-order valence-corrected chi connectivity index (χ2v) is 18.6. The molecule has 1 aliphatic carbocycles. The first-order valence-electron chi connectivity index (χ1n) is 11.2. The minimum atomic E-state index is -2.09. The van der Waals surface area contributed by atoms with Crippen LogP contribution in [0, 0.1) is 0 Å². The summed E-state index contributed by atoms with van der Waals surface area (Å²) in [5.41, 5.74) is 0. The van der Waals surface area contributed by atoms with Crippen LogP contribution >= 0.6 is 23.2 Å². The molecule has 9 heteroatoms. The monoisotopic (exact) mass is 484 g/mol. The summed E-state index contributed by atoms with van der Waals surface area (Å²) in [5, 5.41) is -1.82. The van der Waals surface area contributed by atoms with Crippen molar-refractivity contribution in [3.8, 4) is 0 Å². The number of hydrogen-bond donors (Lipinski definition) is 0. The molecule has 2 fully saturated rings. The Morgan fingerprint density at radius 2 is 1.10 bits per heavy atom. The van der Waals surface area contributed by atoms with Crippen molar-refractivity contribution in [1.29, 1.82) is 0 Å². The van der Waals surface area contributed by atoms with Crippen LogP contribution in [0.4, 0.5) is 0 Å². The van der Waals surface area contributed by atoms with E-state index in [2.05, 4.69) is 41.5 Å². The van der Waals surface area contributed by atoms with Gasteiger partial charge in [0.05, 0.1) is 13.2 Å². The van der Waals surface area contributed by atoms with Crippen molar-refractivity contribution >= 4 is 45.6 Å². The minimum absolute atomic E-state index is 0.245. The van der Waals surface area contributed by atoms with Gasteiger partial charge in [-0.3, -0.25) is 4.79 Å². The van der Waals surface area contributed by atoms with Crippen LogP contribution in [0.25, 0.3) is 0 Å². The van der Waals surface area contributed by atoms with Crippen molar-refractivity contribution in [2.45, 2.75) is 107 Å². The maximum Gasteiger partial charge on any atom is 0.223 e. The third kappa shape index (κ3) is 4.67. The molecule has 2 aliphatic rings. The Bertz CT molecular complexity index is 494. The summed E-state index contributed by atoms with van der Waals surface area (Å²) in [6, 6.07) is 5.65. The molecule has 0 aromatic carbocycles. The number of alkyl halides is 2. The molecule has 2 rings (SSSR count). The maximum absolute atomic E-state index is 13.1. The summed E-state index contributed by atoms with van der Waals surface area (Å²) in [7, 11) is -4.18. The molecular weight excluding hydrogens is 447 g/mol. The van der Waals surface area contributed by atoms with Crippen LogP contribution in [0.3, 0.4) is 0 Å². The number of Topliss-reactive ketones (excluding diaryl/α,β-unsaturated/α-hetero) is 1. The van der Waals surface area contributed by atoms with Gasteiger partial charge in [0.2, 0.25) is 5.79 Å². The molecule has 4 atom stereocenters. The molecule has 0 aromatic heterocycles. The first kappa shape index (κ1) is 25.8. The molecule has 1 saturated carbocycles. The maximum atomic E-state index is 13.1. The standard InChI is InChI=1S/C20H38Cl2O5Si2/c1-7-28(8-2,9-3)26-18-15(21)17(23)16(22)19(20(18)24-13-14-25-20)27-29(10-4,11-5)12-6/h15-16,18-19H,7-14H2,1-6H3/t15-,16+,18+,19-. The third-order valence-corrected chi connectivity index (χ3v) is 17.4. The van der Waals surface area contributed by atoms with Gasteiger partial charge in [-0.05, 0) is 36.3 Å².